The smallest absolute Gasteiger partial charge is 0.319 e. The Morgan fingerprint density at radius 3 is 2.36 bits per heavy atom. The highest BCUT2D eigenvalue weighted by atomic mass is 32.2. The number of anilines is 1. The number of carboxylic acid groups (broad SMARTS) is 1. The monoisotopic (exact) mass is 378 g/mol. The molecular weight excluding hydrogens is 358 g/mol. The van der Waals surface area contributed by atoms with Crippen LogP contribution in [0, 0.1) is 0 Å². The lowest BCUT2D eigenvalue weighted by Crippen LogP contribution is -2.45. The summed E-state index contributed by atoms with van der Waals surface area (Å²) in [5.41, 5.74) is -1.54. The topological polar surface area (TPSA) is 113 Å². The van der Waals surface area contributed by atoms with Crippen molar-refractivity contribution in [3.05, 3.63) is 23.8 Å². The summed E-state index contributed by atoms with van der Waals surface area (Å²) in [7, 11) is -3.83. The molecule has 3 N–H and O–H groups in total. The normalized spacial score (nSPS) is 12.1. The molecule has 0 spiro atoms. The van der Waals surface area contributed by atoms with Gasteiger partial charge in [0, 0.05) is 29.5 Å². The zero-order valence-electron chi connectivity index (χ0n) is 14.0. The Morgan fingerprint density at radius 1 is 1.28 bits per heavy atom. The molecule has 0 aromatic heterocycles. The molecule has 0 radical (unpaired) electrons. The van der Waals surface area contributed by atoms with Crippen LogP contribution in [0.15, 0.2) is 23.1 Å². The maximum absolute atomic E-state index is 13.1. The van der Waals surface area contributed by atoms with Crippen molar-refractivity contribution in [1.29, 1.82) is 0 Å². The Bertz CT molecular complexity index is 763. The molecule has 25 heavy (non-hydrogen) atoms. The fourth-order valence-corrected chi connectivity index (χ4v) is 2.98. The number of alkyl halides is 2. The maximum atomic E-state index is 13.1. The number of hydrogen-bond acceptors (Lipinski definition) is 4. The minimum absolute atomic E-state index is 0.00534. The molecule has 1 aromatic rings. The highest BCUT2D eigenvalue weighted by Crippen LogP contribution is 2.29. The summed E-state index contributed by atoms with van der Waals surface area (Å²) >= 11 is 0. The third-order valence-electron chi connectivity index (χ3n) is 3.32. The van der Waals surface area contributed by atoms with Gasteiger partial charge in [-0.1, -0.05) is 0 Å². The van der Waals surface area contributed by atoms with Gasteiger partial charge in [0.2, 0.25) is 0 Å². The van der Waals surface area contributed by atoms with E-state index in [1.54, 1.807) is 13.8 Å². The largest absolute Gasteiger partial charge is 0.481 e. The quantitative estimate of drug-likeness (QED) is 0.675. The number of amides is 2. The summed E-state index contributed by atoms with van der Waals surface area (Å²) in [5, 5.41) is 13.5. The first-order valence-corrected chi connectivity index (χ1v) is 9.14. The molecule has 0 unspecified atom stereocenters. The summed E-state index contributed by atoms with van der Waals surface area (Å²) in [6, 6.07) is 2.38. The first-order valence-electron chi connectivity index (χ1n) is 7.25. The van der Waals surface area contributed by atoms with Crippen LogP contribution in [0.3, 0.4) is 0 Å². The van der Waals surface area contributed by atoms with Crippen molar-refractivity contribution >= 4 is 27.5 Å². The van der Waals surface area contributed by atoms with Gasteiger partial charge in [0.05, 0.1) is 4.90 Å². The van der Waals surface area contributed by atoms with E-state index in [1.807, 2.05) is 0 Å². The van der Waals surface area contributed by atoms with Gasteiger partial charge in [-0.3, -0.25) is 4.79 Å². The summed E-state index contributed by atoms with van der Waals surface area (Å²) in [6.07, 6.45) is -2.18. The number of nitrogens with one attached hydrogen (secondary N) is 2. The molecule has 0 atom stereocenters. The van der Waals surface area contributed by atoms with Crippen LogP contribution in [0.25, 0.3) is 0 Å². The van der Waals surface area contributed by atoms with Crippen molar-refractivity contribution in [3.8, 4) is 0 Å². The number of aliphatic carboxylic acids is 1. The molecule has 7 nitrogen and oxygen atoms in total. The fraction of sp³-hybridized carbons (Fsp3) is 0.467. The third-order valence-corrected chi connectivity index (χ3v) is 4.49. The molecule has 140 valence electrons. The van der Waals surface area contributed by atoms with E-state index in [2.05, 4.69) is 10.6 Å². The zero-order chi connectivity index (χ0) is 19.4. The SMILES string of the molecule is CC(C)(CCC(=O)O)NC(=O)Nc1ccc(S(C)(=O)=O)c(C(F)F)c1. The molecule has 10 heteroatoms. The molecule has 0 bridgehead atoms. The lowest BCUT2D eigenvalue weighted by atomic mass is 9.99. The summed E-state index contributed by atoms with van der Waals surface area (Å²) in [6.45, 7) is 3.24. The van der Waals surface area contributed by atoms with Gasteiger partial charge in [-0.15, -0.1) is 0 Å². The number of urea groups is 1. The standard InChI is InChI=1S/C15H20F2N2O5S/c1-15(2,7-6-12(20)21)19-14(22)18-9-4-5-11(25(3,23)24)10(8-9)13(16)17/h4-5,8,13H,6-7H2,1-3H3,(H,20,21)(H2,18,19,22). The average Bonchev–Trinajstić information content (AvgIpc) is 2.43. The van der Waals surface area contributed by atoms with Gasteiger partial charge in [-0.25, -0.2) is 22.0 Å². The lowest BCUT2D eigenvalue weighted by molar-refractivity contribution is -0.137. The van der Waals surface area contributed by atoms with E-state index in [0.29, 0.717) is 0 Å². The van der Waals surface area contributed by atoms with Gasteiger partial charge in [0.15, 0.2) is 9.84 Å². The predicted octanol–water partition coefficient (Wildman–Crippen LogP) is 2.79. The molecule has 0 heterocycles. The van der Waals surface area contributed by atoms with E-state index < -0.39 is 44.3 Å². The van der Waals surface area contributed by atoms with Crippen molar-refractivity contribution in [3.63, 3.8) is 0 Å². The van der Waals surface area contributed by atoms with Gasteiger partial charge >= 0.3 is 12.0 Å². The van der Waals surface area contributed by atoms with E-state index in [1.165, 1.54) is 6.07 Å². The second kappa shape index (κ2) is 7.77. The zero-order valence-corrected chi connectivity index (χ0v) is 14.8. The van der Waals surface area contributed by atoms with Crippen LogP contribution >= 0.6 is 0 Å². The minimum atomic E-state index is -3.83. The number of carbonyl (C=O) groups is 2. The average molecular weight is 378 g/mol. The first-order chi connectivity index (χ1) is 11.3. The second-order valence-corrected chi connectivity index (χ2v) is 8.17. The van der Waals surface area contributed by atoms with Crippen molar-refractivity contribution in [2.45, 2.75) is 43.5 Å². The number of hydrogen-bond donors (Lipinski definition) is 3. The maximum Gasteiger partial charge on any atom is 0.319 e. The number of rotatable bonds is 7. The van der Waals surface area contributed by atoms with E-state index >= 15 is 0 Å². The molecule has 2 amide bonds. The number of sulfone groups is 1. The Balaban J connectivity index is 2.91. The van der Waals surface area contributed by atoms with Gasteiger partial charge in [0.1, 0.15) is 0 Å². The molecular formula is C15H20F2N2O5S. The van der Waals surface area contributed by atoms with Gasteiger partial charge in [0.25, 0.3) is 6.43 Å². The van der Waals surface area contributed by atoms with Crippen molar-refractivity contribution in [2.75, 3.05) is 11.6 Å². The molecule has 0 fully saturated rings. The second-order valence-electron chi connectivity index (χ2n) is 6.18. The summed E-state index contributed by atoms with van der Waals surface area (Å²) in [5.74, 6) is -1.01. The summed E-state index contributed by atoms with van der Waals surface area (Å²) in [4.78, 5) is 22.0. The van der Waals surface area contributed by atoms with Crippen LogP contribution < -0.4 is 10.6 Å². The number of benzene rings is 1. The van der Waals surface area contributed by atoms with Crippen LogP contribution in [-0.4, -0.2) is 37.3 Å². The van der Waals surface area contributed by atoms with Crippen LogP contribution in [0.4, 0.5) is 19.3 Å². The van der Waals surface area contributed by atoms with Crippen LogP contribution in [-0.2, 0) is 14.6 Å². The molecule has 0 aliphatic carbocycles. The Morgan fingerprint density at radius 2 is 1.88 bits per heavy atom. The van der Waals surface area contributed by atoms with E-state index in [9.17, 15) is 26.8 Å². The number of carboxylic acids is 1. The third kappa shape index (κ3) is 6.65. The van der Waals surface area contributed by atoms with E-state index in [0.717, 1.165) is 18.4 Å². The van der Waals surface area contributed by atoms with Gasteiger partial charge < -0.3 is 15.7 Å². The molecule has 0 aliphatic heterocycles. The Kier molecular flexibility index (Phi) is 6.47. The van der Waals surface area contributed by atoms with E-state index in [-0.39, 0.29) is 18.5 Å². The van der Waals surface area contributed by atoms with Crippen LogP contribution in [0.5, 0.6) is 0 Å². The van der Waals surface area contributed by atoms with Crippen LogP contribution in [0.1, 0.15) is 38.7 Å². The molecule has 1 aromatic carbocycles. The molecule has 0 saturated carbocycles. The number of carbonyl (C=O) groups excluding carboxylic acids is 1. The predicted molar refractivity (Wildman–Crippen MR) is 87.6 cm³/mol. The first kappa shape index (κ1) is 20.8. The van der Waals surface area contributed by atoms with Gasteiger partial charge in [-0.2, -0.15) is 0 Å². The van der Waals surface area contributed by atoms with Crippen LogP contribution in [0.2, 0.25) is 0 Å². The highest BCUT2D eigenvalue weighted by Gasteiger charge is 2.23. The lowest BCUT2D eigenvalue weighted by Gasteiger charge is -2.25. The van der Waals surface area contributed by atoms with Crippen molar-refractivity contribution < 1.29 is 31.9 Å². The Labute approximate surface area is 144 Å². The van der Waals surface area contributed by atoms with Gasteiger partial charge in [-0.05, 0) is 38.5 Å². The molecule has 0 saturated heterocycles. The Hall–Kier alpha value is -2.23. The number of halogens is 2. The highest BCUT2D eigenvalue weighted by molar-refractivity contribution is 7.90. The summed E-state index contributed by atoms with van der Waals surface area (Å²) < 4.78 is 49.2. The van der Waals surface area contributed by atoms with Crippen molar-refractivity contribution in [1.82, 2.24) is 5.32 Å². The van der Waals surface area contributed by atoms with E-state index in [4.69, 9.17) is 5.11 Å². The minimum Gasteiger partial charge on any atom is -0.481 e. The fourth-order valence-electron chi connectivity index (χ4n) is 2.09. The molecule has 0 aliphatic rings. The van der Waals surface area contributed by atoms with Crippen molar-refractivity contribution in [2.24, 2.45) is 0 Å². The molecule has 1 rings (SSSR count).